The van der Waals surface area contributed by atoms with E-state index >= 15 is 0 Å². The summed E-state index contributed by atoms with van der Waals surface area (Å²) < 4.78 is 2.21. The molecule has 1 unspecified atom stereocenters. The number of carbonyl (C=O) groups excluding carboxylic acids is 1. The number of halogens is 1. The van der Waals surface area contributed by atoms with Crippen molar-refractivity contribution in [3.8, 4) is 0 Å². The number of nitrogens with zero attached hydrogens (tertiary/aromatic N) is 2. The van der Waals surface area contributed by atoms with Gasteiger partial charge in [-0.1, -0.05) is 61.3 Å². The molecule has 0 fully saturated rings. The van der Waals surface area contributed by atoms with E-state index in [0.717, 1.165) is 17.8 Å². The van der Waals surface area contributed by atoms with Gasteiger partial charge in [-0.15, -0.1) is 0 Å². The van der Waals surface area contributed by atoms with E-state index in [-0.39, 0.29) is 12.1 Å². The monoisotopic (exact) mass is 437 g/mol. The van der Waals surface area contributed by atoms with Gasteiger partial charge >= 0.3 is 6.03 Å². The molecule has 0 bridgehead atoms. The fraction of sp³-hybridized carbons (Fsp3) is 0.346. The van der Waals surface area contributed by atoms with Crippen molar-refractivity contribution in [2.75, 3.05) is 5.32 Å². The van der Waals surface area contributed by atoms with E-state index in [1.165, 1.54) is 11.1 Å². The zero-order valence-electron chi connectivity index (χ0n) is 19.0. The summed E-state index contributed by atoms with van der Waals surface area (Å²) in [5.41, 5.74) is 5.29. The Balaban J connectivity index is 1.81. The number of anilines is 1. The van der Waals surface area contributed by atoms with Gasteiger partial charge in [0.1, 0.15) is 0 Å². The molecule has 1 aromatic heterocycles. The lowest BCUT2D eigenvalue weighted by atomic mass is 10.0. The lowest BCUT2D eigenvalue weighted by Crippen LogP contribution is -2.43. The molecule has 1 atom stereocenters. The van der Waals surface area contributed by atoms with E-state index < -0.39 is 0 Å². The Bertz CT molecular complexity index is 1040. The average molecular weight is 438 g/mol. The zero-order valence-corrected chi connectivity index (χ0v) is 19.8. The molecule has 0 radical (unpaired) electrons. The third-order valence-electron chi connectivity index (χ3n) is 5.83. The van der Waals surface area contributed by atoms with Crippen molar-refractivity contribution >= 4 is 23.3 Å². The molecule has 0 saturated heterocycles. The number of benzene rings is 2. The van der Waals surface area contributed by atoms with Crippen molar-refractivity contribution in [1.29, 1.82) is 0 Å². The molecular formula is C26H32ClN3O. The first-order chi connectivity index (χ1) is 14.7. The average Bonchev–Trinajstić information content (AvgIpc) is 3.15. The number of aryl methyl sites for hydroxylation is 2. The molecule has 0 aliphatic rings. The van der Waals surface area contributed by atoms with Crippen molar-refractivity contribution in [3.63, 3.8) is 0 Å². The molecule has 3 aromatic rings. The first-order valence-corrected chi connectivity index (χ1v) is 11.2. The van der Waals surface area contributed by atoms with Crippen LogP contribution in [0.15, 0.2) is 60.8 Å². The number of aromatic nitrogens is 1. The minimum absolute atomic E-state index is 0.0724. The lowest BCUT2D eigenvalue weighted by molar-refractivity contribution is 0.168. The summed E-state index contributed by atoms with van der Waals surface area (Å²) in [6.07, 6.45) is 2.08. The van der Waals surface area contributed by atoms with E-state index in [1.807, 2.05) is 30.0 Å². The van der Waals surface area contributed by atoms with Crippen LogP contribution < -0.4 is 5.32 Å². The molecule has 4 nitrogen and oxygen atoms in total. The largest absolute Gasteiger partial charge is 0.345 e. The molecule has 0 spiro atoms. The van der Waals surface area contributed by atoms with Crippen molar-refractivity contribution in [2.45, 2.75) is 53.8 Å². The second-order valence-corrected chi connectivity index (χ2v) is 9.03. The molecule has 2 amide bonds. The number of urea groups is 1. The van der Waals surface area contributed by atoms with Gasteiger partial charge in [0.25, 0.3) is 0 Å². The molecule has 2 aromatic carbocycles. The smallest absolute Gasteiger partial charge is 0.322 e. The van der Waals surface area contributed by atoms with Crippen LogP contribution >= 0.6 is 11.6 Å². The quantitative estimate of drug-likeness (QED) is 0.429. The molecule has 0 saturated carbocycles. The zero-order chi connectivity index (χ0) is 22.5. The van der Waals surface area contributed by atoms with E-state index in [9.17, 15) is 4.79 Å². The molecule has 164 valence electrons. The third kappa shape index (κ3) is 5.92. The van der Waals surface area contributed by atoms with Crippen molar-refractivity contribution in [2.24, 2.45) is 5.92 Å². The van der Waals surface area contributed by atoms with Crippen LogP contribution in [-0.2, 0) is 13.1 Å². The number of amides is 2. The Morgan fingerprint density at radius 2 is 1.84 bits per heavy atom. The van der Waals surface area contributed by atoms with E-state index in [1.54, 1.807) is 6.07 Å². The van der Waals surface area contributed by atoms with Crippen LogP contribution in [0.3, 0.4) is 0 Å². The Morgan fingerprint density at radius 3 is 2.52 bits per heavy atom. The van der Waals surface area contributed by atoms with Crippen LogP contribution in [0.4, 0.5) is 10.5 Å². The van der Waals surface area contributed by atoms with Gasteiger partial charge in [0, 0.05) is 35.2 Å². The molecule has 0 aliphatic carbocycles. The first-order valence-electron chi connectivity index (χ1n) is 10.8. The van der Waals surface area contributed by atoms with Gasteiger partial charge in [-0.2, -0.15) is 0 Å². The number of nitrogens with one attached hydrogen (secondary N) is 1. The molecule has 1 N–H and O–H groups in total. The number of carbonyl (C=O) groups is 1. The van der Waals surface area contributed by atoms with Gasteiger partial charge in [0.15, 0.2) is 0 Å². The summed E-state index contributed by atoms with van der Waals surface area (Å²) in [4.78, 5) is 15.2. The van der Waals surface area contributed by atoms with Crippen LogP contribution in [0.5, 0.6) is 0 Å². The number of hydrogen-bond donors (Lipinski definition) is 1. The maximum Gasteiger partial charge on any atom is 0.322 e. The predicted molar refractivity (Wildman–Crippen MR) is 130 cm³/mol. The third-order valence-corrected chi connectivity index (χ3v) is 6.24. The Hall–Kier alpha value is -2.72. The highest BCUT2D eigenvalue weighted by molar-refractivity contribution is 6.31. The molecule has 0 aliphatic heterocycles. The van der Waals surface area contributed by atoms with Gasteiger partial charge < -0.3 is 14.8 Å². The van der Waals surface area contributed by atoms with Crippen LogP contribution in [-0.4, -0.2) is 21.5 Å². The van der Waals surface area contributed by atoms with Crippen LogP contribution in [0.2, 0.25) is 5.02 Å². The maximum absolute atomic E-state index is 13.3. The van der Waals surface area contributed by atoms with Gasteiger partial charge in [-0.05, 0) is 62.1 Å². The fourth-order valence-corrected chi connectivity index (χ4v) is 3.74. The topological polar surface area (TPSA) is 37.3 Å². The van der Waals surface area contributed by atoms with Crippen LogP contribution in [0.25, 0.3) is 0 Å². The number of hydrogen-bond acceptors (Lipinski definition) is 1. The standard InChI is InChI=1S/C26H32ClN3O/c1-18(2)21(5)30(26(31)28-23-12-11-20(4)25(27)15-23)17-24-10-7-13-29(24)16-22-9-6-8-19(3)14-22/h6-15,18,21H,16-17H2,1-5H3,(H,28,31). The molecule has 1 heterocycles. The molecule has 3 rings (SSSR count). The Morgan fingerprint density at radius 1 is 1.06 bits per heavy atom. The summed E-state index contributed by atoms with van der Waals surface area (Å²) in [6, 6.07) is 18.2. The Kier molecular flexibility index (Phi) is 7.45. The second-order valence-electron chi connectivity index (χ2n) is 8.62. The van der Waals surface area contributed by atoms with Gasteiger partial charge in [0.2, 0.25) is 0 Å². The molecular weight excluding hydrogens is 406 g/mol. The maximum atomic E-state index is 13.3. The number of rotatable bonds is 7. The fourth-order valence-electron chi connectivity index (χ4n) is 3.56. The minimum Gasteiger partial charge on any atom is -0.345 e. The first kappa shape index (κ1) is 23.0. The van der Waals surface area contributed by atoms with Gasteiger partial charge in [-0.3, -0.25) is 0 Å². The summed E-state index contributed by atoms with van der Waals surface area (Å²) in [5.74, 6) is 0.326. The molecule has 5 heteroatoms. The summed E-state index contributed by atoms with van der Waals surface area (Å²) in [5, 5.41) is 3.67. The van der Waals surface area contributed by atoms with Crippen LogP contribution in [0.1, 0.15) is 43.2 Å². The van der Waals surface area contributed by atoms with Crippen molar-refractivity contribution in [3.05, 3.63) is 88.2 Å². The SMILES string of the molecule is Cc1cccc(Cn2cccc2CN(C(=O)Nc2ccc(C)c(Cl)c2)C(C)C(C)C)c1. The predicted octanol–water partition coefficient (Wildman–Crippen LogP) is 6.89. The van der Waals surface area contributed by atoms with Crippen LogP contribution in [0, 0.1) is 19.8 Å². The normalized spacial score (nSPS) is 12.1. The van der Waals surface area contributed by atoms with Gasteiger partial charge in [0.05, 0.1) is 6.54 Å². The minimum atomic E-state index is -0.121. The van der Waals surface area contributed by atoms with Crippen molar-refractivity contribution in [1.82, 2.24) is 9.47 Å². The summed E-state index contributed by atoms with van der Waals surface area (Å²) in [6.45, 7) is 11.7. The lowest BCUT2D eigenvalue weighted by Gasteiger charge is -2.32. The van der Waals surface area contributed by atoms with E-state index in [0.29, 0.717) is 23.2 Å². The van der Waals surface area contributed by atoms with Gasteiger partial charge in [-0.25, -0.2) is 4.79 Å². The summed E-state index contributed by atoms with van der Waals surface area (Å²) >= 11 is 6.25. The van der Waals surface area contributed by atoms with E-state index in [2.05, 4.69) is 74.1 Å². The molecule has 31 heavy (non-hydrogen) atoms. The highest BCUT2D eigenvalue weighted by atomic mass is 35.5. The second kappa shape index (κ2) is 10.1. The Labute approximate surface area is 190 Å². The van der Waals surface area contributed by atoms with Crippen molar-refractivity contribution < 1.29 is 4.79 Å². The summed E-state index contributed by atoms with van der Waals surface area (Å²) in [7, 11) is 0. The highest BCUT2D eigenvalue weighted by Crippen LogP contribution is 2.22. The highest BCUT2D eigenvalue weighted by Gasteiger charge is 2.24. The van der Waals surface area contributed by atoms with E-state index in [4.69, 9.17) is 11.6 Å².